The number of aliphatic hydroxyl groups is 1. The van der Waals surface area contributed by atoms with E-state index in [2.05, 4.69) is 19.0 Å². The van der Waals surface area contributed by atoms with E-state index in [0.717, 1.165) is 12.8 Å². The van der Waals surface area contributed by atoms with Gasteiger partial charge in [-0.1, -0.05) is 25.4 Å². The maximum Gasteiger partial charge on any atom is 0.0891 e. The standard InChI is InChI=1S/C10H19NO2/c1-8-3-4-9(2)10(5-8,7-12)6-11-13/h8-9,12H,3-7H2,1-2H3/t8-,9+,10?/m0/s1. The van der Waals surface area contributed by atoms with Crippen molar-refractivity contribution in [3.8, 4) is 0 Å². The van der Waals surface area contributed by atoms with E-state index in [9.17, 15) is 10.0 Å². The van der Waals surface area contributed by atoms with Crippen LogP contribution in [0.5, 0.6) is 0 Å². The molecule has 0 aromatic carbocycles. The second kappa shape index (κ2) is 4.18. The van der Waals surface area contributed by atoms with E-state index in [-0.39, 0.29) is 18.6 Å². The quantitative estimate of drug-likeness (QED) is 0.685. The summed E-state index contributed by atoms with van der Waals surface area (Å²) in [6, 6.07) is 0. The Balaban J connectivity index is 2.73. The summed E-state index contributed by atoms with van der Waals surface area (Å²) in [5.41, 5.74) is -0.223. The summed E-state index contributed by atoms with van der Waals surface area (Å²) < 4.78 is 0. The molecule has 0 aromatic rings. The Hall–Kier alpha value is -0.440. The number of nitrogens with zero attached hydrogens (tertiary/aromatic N) is 1. The molecule has 0 aliphatic heterocycles. The first-order valence-corrected chi connectivity index (χ1v) is 5.04. The van der Waals surface area contributed by atoms with Crippen molar-refractivity contribution in [2.45, 2.75) is 33.1 Å². The predicted octanol–water partition coefficient (Wildman–Crippen LogP) is 2.19. The van der Waals surface area contributed by atoms with Gasteiger partial charge >= 0.3 is 0 Å². The Morgan fingerprint density at radius 2 is 2.15 bits per heavy atom. The molecule has 0 radical (unpaired) electrons. The summed E-state index contributed by atoms with van der Waals surface area (Å²) in [5.74, 6) is 1.04. The van der Waals surface area contributed by atoms with Crippen LogP contribution in [0, 0.1) is 22.2 Å². The number of nitroso groups, excluding NO2 is 1. The average Bonchev–Trinajstić information content (AvgIpc) is 2.12. The van der Waals surface area contributed by atoms with Gasteiger partial charge < -0.3 is 5.11 Å². The Labute approximate surface area is 79.5 Å². The van der Waals surface area contributed by atoms with Gasteiger partial charge in [-0.15, -0.1) is 0 Å². The fourth-order valence-corrected chi connectivity index (χ4v) is 2.46. The highest BCUT2D eigenvalue weighted by Gasteiger charge is 2.40. The highest BCUT2D eigenvalue weighted by molar-refractivity contribution is 4.91. The van der Waals surface area contributed by atoms with Crippen molar-refractivity contribution < 1.29 is 5.11 Å². The molecule has 0 saturated heterocycles. The molecule has 13 heavy (non-hydrogen) atoms. The first-order valence-electron chi connectivity index (χ1n) is 5.04. The lowest BCUT2D eigenvalue weighted by Crippen LogP contribution is -2.40. The summed E-state index contributed by atoms with van der Waals surface area (Å²) >= 11 is 0. The van der Waals surface area contributed by atoms with E-state index >= 15 is 0 Å². The summed E-state index contributed by atoms with van der Waals surface area (Å²) in [6.45, 7) is 4.67. The summed E-state index contributed by atoms with van der Waals surface area (Å²) in [7, 11) is 0. The van der Waals surface area contributed by atoms with E-state index < -0.39 is 0 Å². The molecule has 0 spiro atoms. The van der Waals surface area contributed by atoms with Crippen molar-refractivity contribution in [1.29, 1.82) is 0 Å². The van der Waals surface area contributed by atoms with Crippen molar-refractivity contribution in [1.82, 2.24) is 0 Å². The van der Waals surface area contributed by atoms with E-state index in [1.54, 1.807) is 0 Å². The molecule has 3 heteroatoms. The number of rotatable bonds is 3. The molecule has 1 N–H and O–H groups in total. The van der Waals surface area contributed by atoms with Gasteiger partial charge in [0.15, 0.2) is 0 Å². The van der Waals surface area contributed by atoms with Crippen LogP contribution in [0.15, 0.2) is 5.18 Å². The molecule has 3 nitrogen and oxygen atoms in total. The molecule has 3 atom stereocenters. The second-order valence-electron chi connectivity index (χ2n) is 4.60. The first kappa shape index (κ1) is 10.6. The number of aliphatic hydroxyl groups excluding tert-OH is 1. The summed E-state index contributed by atoms with van der Waals surface area (Å²) in [5, 5.41) is 12.3. The molecule has 1 unspecified atom stereocenters. The summed E-state index contributed by atoms with van der Waals surface area (Å²) in [6.07, 6.45) is 3.26. The lowest BCUT2D eigenvalue weighted by atomic mass is 9.64. The van der Waals surface area contributed by atoms with Crippen molar-refractivity contribution in [3.63, 3.8) is 0 Å². The predicted molar refractivity (Wildman–Crippen MR) is 52.4 cm³/mol. The van der Waals surface area contributed by atoms with Crippen LogP contribution in [0.1, 0.15) is 33.1 Å². The van der Waals surface area contributed by atoms with E-state index in [1.165, 1.54) is 6.42 Å². The van der Waals surface area contributed by atoms with Crippen molar-refractivity contribution in [2.75, 3.05) is 13.2 Å². The lowest BCUT2D eigenvalue weighted by molar-refractivity contribution is 0.0197. The molecule has 1 rings (SSSR count). The largest absolute Gasteiger partial charge is 0.396 e. The Kier molecular flexibility index (Phi) is 3.42. The maximum atomic E-state index is 10.3. The van der Waals surface area contributed by atoms with Crippen molar-refractivity contribution >= 4 is 0 Å². The Bertz CT molecular complexity index is 184. The van der Waals surface area contributed by atoms with Gasteiger partial charge in [-0.05, 0) is 24.7 Å². The Morgan fingerprint density at radius 1 is 1.46 bits per heavy atom. The fourth-order valence-electron chi connectivity index (χ4n) is 2.46. The molecular formula is C10H19NO2. The number of hydrogen-bond donors (Lipinski definition) is 1. The van der Waals surface area contributed by atoms with E-state index in [4.69, 9.17) is 0 Å². The van der Waals surface area contributed by atoms with Gasteiger partial charge in [0.25, 0.3) is 0 Å². The van der Waals surface area contributed by atoms with Gasteiger partial charge in [-0.2, -0.15) is 4.91 Å². The molecule has 0 bridgehead atoms. The van der Waals surface area contributed by atoms with Crippen LogP contribution in [0.25, 0.3) is 0 Å². The molecular weight excluding hydrogens is 166 g/mol. The van der Waals surface area contributed by atoms with E-state index in [1.807, 2.05) is 0 Å². The van der Waals surface area contributed by atoms with Crippen LogP contribution >= 0.6 is 0 Å². The zero-order valence-electron chi connectivity index (χ0n) is 8.49. The zero-order chi connectivity index (χ0) is 9.90. The highest BCUT2D eigenvalue weighted by Crippen LogP contribution is 2.43. The first-order chi connectivity index (χ1) is 6.14. The average molecular weight is 185 g/mol. The molecule has 0 amide bonds. The van der Waals surface area contributed by atoms with Crippen molar-refractivity contribution in [3.05, 3.63) is 4.91 Å². The van der Waals surface area contributed by atoms with Gasteiger partial charge in [-0.3, -0.25) is 0 Å². The van der Waals surface area contributed by atoms with Gasteiger partial charge in [0.2, 0.25) is 0 Å². The van der Waals surface area contributed by atoms with Crippen LogP contribution in [-0.4, -0.2) is 18.3 Å². The highest BCUT2D eigenvalue weighted by atomic mass is 16.3. The summed E-state index contributed by atoms with van der Waals surface area (Å²) in [4.78, 5) is 10.3. The third-order valence-electron chi connectivity index (χ3n) is 3.59. The van der Waals surface area contributed by atoms with Gasteiger partial charge in [0, 0.05) is 5.41 Å². The van der Waals surface area contributed by atoms with Crippen molar-refractivity contribution in [2.24, 2.45) is 22.4 Å². The van der Waals surface area contributed by atoms with Gasteiger partial charge in [-0.25, -0.2) is 0 Å². The topological polar surface area (TPSA) is 49.7 Å². The fraction of sp³-hybridized carbons (Fsp3) is 1.00. The van der Waals surface area contributed by atoms with Crippen LogP contribution in [0.2, 0.25) is 0 Å². The molecule has 1 saturated carbocycles. The van der Waals surface area contributed by atoms with E-state index in [0.29, 0.717) is 11.8 Å². The zero-order valence-corrected chi connectivity index (χ0v) is 8.49. The molecule has 0 aromatic heterocycles. The normalized spacial score (nSPS) is 40.2. The smallest absolute Gasteiger partial charge is 0.0891 e. The number of hydrogen-bond acceptors (Lipinski definition) is 3. The Morgan fingerprint density at radius 3 is 2.69 bits per heavy atom. The molecule has 1 aliphatic carbocycles. The van der Waals surface area contributed by atoms with Crippen LogP contribution in [0.3, 0.4) is 0 Å². The van der Waals surface area contributed by atoms with Crippen LogP contribution in [0.4, 0.5) is 0 Å². The van der Waals surface area contributed by atoms with Gasteiger partial charge in [0.05, 0.1) is 13.2 Å². The third-order valence-corrected chi connectivity index (χ3v) is 3.59. The lowest BCUT2D eigenvalue weighted by Gasteiger charge is -2.42. The minimum absolute atomic E-state index is 0.101. The monoisotopic (exact) mass is 185 g/mol. The SMILES string of the molecule is C[C@H]1CC[C@@H](C)C(CO)(CN=O)C1. The minimum atomic E-state index is -0.223. The second-order valence-corrected chi connectivity index (χ2v) is 4.60. The molecule has 1 aliphatic rings. The van der Waals surface area contributed by atoms with Crippen LogP contribution < -0.4 is 0 Å². The van der Waals surface area contributed by atoms with Crippen LogP contribution in [-0.2, 0) is 0 Å². The molecule has 0 heterocycles. The van der Waals surface area contributed by atoms with Gasteiger partial charge in [0.1, 0.15) is 0 Å². The molecule has 76 valence electrons. The maximum absolute atomic E-state index is 10.3. The minimum Gasteiger partial charge on any atom is -0.396 e. The third kappa shape index (κ3) is 2.08. The molecule has 1 fully saturated rings.